The van der Waals surface area contributed by atoms with Gasteiger partial charge in [0.2, 0.25) is 0 Å². The molecule has 1 aliphatic heterocycles. The van der Waals surface area contributed by atoms with Crippen LogP contribution in [-0.4, -0.2) is 30.3 Å². The highest BCUT2D eigenvalue weighted by Crippen LogP contribution is 2.34. The van der Waals surface area contributed by atoms with Crippen LogP contribution < -0.4 is 10.2 Å². The zero-order valence-corrected chi connectivity index (χ0v) is 12.8. The van der Waals surface area contributed by atoms with E-state index in [0.29, 0.717) is 18.7 Å². The lowest BCUT2D eigenvalue weighted by Gasteiger charge is -2.24. The topological polar surface area (TPSA) is 49.4 Å². The fraction of sp³-hybridized carbons (Fsp3) is 0.500. The first-order valence-electron chi connectivity index (χ1n) is 6.94. The third-order valence-corrected chi connectivity index (χ3v) is 3.52. The molecule has 0 radical (unpaired) electrons. The third kappa shape index (κ3) is 2.61. The number of aryl methyl sites for hydroxylation is 2. The summed E-state index contributed by atoms with van der Waals surface area (Å²) in [6, 6.07) is 3.86. The van der Waals surface area contributed by atoms with Gasteiger partial charge in [-0.1, -0.05) is 12.1 Å². The zero-order valence-electron chi connectivity index (χ0n) is 12.8. The maximum absolute atomic E-state index is 12.2. The highest BCUT2D eigenvalue weighted by molar-refractivity contribution is 6.52. The molecule has 0 bridgehead atoms. The van der Waals surface area contributed by atoms with Crippen molar-refractivity contribution in [3.05, 3.63) is 28.8 Å². The molecular formula is C16H22N2O2. The van der Waals surface area contributed by atoms with Crippen LogP contribution in [0.4, 0.5) is 5.69 Å². The number of fused-ring (bicyclic) bond motifs is 1. The molecule has 1 N–H and O–H groups in total. The SMILES string of the molecule is Cc1ccc(C)c2c1C(=O)C(=O)N2CCNC(C)(C)C. The summed E-state index contributed by atoms with van der Waals surface area (Å²) in [5, 5.41) is 3.34. The van der Waals surface area contributed by atoms with E-state index in [-0.39, 0.29) is 11.3 Å². The standard InChI is InChI=1S/C16H22N2O2/c1-10-6-7-11(2)13-12(10)14(19)15(20)18(13)9-8-17-16(3,4)5/h6-7,17H,8-9H2,1-5H3. The molecule has 0 saturated heterocycles. The molecule has 20 heavy (non-hydrogen) atoms. The van der Waals surface area contributed by atoms with E-state index in [1.54, 1.807) is 4.90 Å². The van der Waals surface area contributed by atoms with Gasteiger partial charge in [0.1, 0.15) is 0 Å². The first kappa shape index (κ1) is 14.7. The van der Waals surface area contributed by atoms with Gasteiger partial charge in [-0.25, -0.2) is 0 Å². The monoisotopic (exact) mass is 274 g/mol. The molecule has 0 unspecified atom stereocenters. The molecule has 0 saturated carbocycles. The smallest absolute Gasteiger partial charge is 0.299 e. The highest BCUT2D eigenvalue weighted by Gasteiger charge is 2.37. The largest absolute Gasteiger partial charge is 0.310 e. The lowest BCUT2D eigenvalue weighted by atomic mass is 10.0. The quantitative estimate of drug-likeness (QED) is 0.860. The van der Waals surface area contributed by atoms with Gasteiger partial charge in [-0.15, -0.1) is 0 Å². The van der Waals surface area contributed by atoms with Crippen LogP contribution in [0, 0.1) is 13.8 Å². The second kappa shape index (κ2) is 5.02. The predicted octanol–water partition coefficient (Wildman–Crippen LogP) is 2.22. The number of ketones is 1. The van der Waals surface area contributed by atoms with Crippen molar-refractivity contribution in [1.29, 1.82) is 0 Å². The molecular weight excluding hydrogens is 252 g/mol. The van der Waals surface area contributed by atoms with Gasteiger partial charge in [0.15, 0.2) is 0 Å². The van der Waals surface area contributed by atoms with Crippen molar-refractivity contribution in [2.45, 2.75) is 40.2 Å². The van der Waals surface area contributed by atoms with Gasteiger partial charge in [-0.2, -0.15) is 0 Å². The van der Waals surface area contributed by atoms with E-state index in [1.165, 1.54) is 0 Å². The average Bonchev–Trinajstić information content (AvgIpc) is 2.58. The Balaban J connectivity index is 2.27. The molecule has 0 aromatic heterocycles. The van der Waals surface area contributed by atoms with E-state index in [1.807, 2.05) is 26.0 Å². The van der Waals surface area contributed by atoms with Crippen molar-refractivity contribution >= 4 is 17.4 Å². The summed E-state index contributed by atoms with van der Waals surface area (Å²) >= 11 is 0. The maximum Gasteiger partial charge on any atom is 0.299 e. The van der Waals surface area contributed by atoms with Gasteiger partial charge in [0.25, 0.3) is 11.7 Å². The molecule has 1 heterocycles. The zero-order chi connectivity index (χ0) is 15.1. The Morgan fingerprint density at radius 3 is 2.30 bits per heavy atom. The van der Waals surface area contributed by atoms with Crippen molar-refractivity contribution < 1.29 is 9.59 Å². The first-order valence-corrected chi connectivity index (χ1v) is 6.94. The number of benzene rings is 1. The van der Waals surface area contributed by atoms with Crippen molar-refractivity contribution in [3.8, 4) is 0 Å². The molecule has 0 spiro atoms. The number of amides is 1. The molecule has 0 atom stereocenters. The minimum atomic E-state index is -0.409. The normalized spacial score (nSPS) is 14.9. The van der Waals surface area contributed by atoms with E-state index in [4.69, 9.17) is 0 Å². The Labute approximate surface area is 120 Å². The summed E-state index contributed by atoms with van der Waals surface area (Å²) < 4.78 is 0. The fourth-order valence-electron chi connectivity index (χ4n) is 2.52. The predicted molar refractivity (Wildman–Crippen MR) is 80.4 cm³/mol. The Morgan fingerprint density at radius 2 is 1.70 bits per heavy atom. The number of carbonyl (C=O) groups is 2. The minimum Gasteiger partial charge on any atom is -0.310 e. The molecule has 2 rings (SSSR count). The van der Waals surface area contributed by atoms with E-state index < -0.39 is 5.91 Å². The summed E-state index contributed by atoms with van der Waals surface area (Å²) in [7, 11) is 0. The average molecular weight is 274 g/mol. The second-order valence-corrected chi connectivity index (χ2v) is 6.39. The van der Waals surface area contributed by atoms with Crippen LogP contribution in [-0.2, 0) is 4.79 Å². The summed E-state index contributed by atoms with van der Waals surface area (Å²) in [6.07, 6.45) is 0. The van der Waals surface area contributed by atoms with Crippen molar-refractivity contribution in [1.82, 2.24) is 5.32 Å². The number of hydrogen-bond acceptors (Lipinski definition) is 3. The molecule has 1 aromatic rings. The summed E-state index contributed by atoms with van der Waals surface area (Å²) in [6.45, 7) is 11.2. The number of anilines is 1. The summed E-state index contributed by atoms with van der Waals surface area (Å²) in [5.41, 5.74) is 3.20. The van der Waals surface area contributed by atoms with Crippen LogP contribution in [0.1, 0.15) is 42.3 Å². The molecule has 1 aliphatic rings. The molecule has 1 amide bonds. The van der Waals surface area contributed by atoms with E-state index >= 15 is 0 Å². The van der Waals surface area contributed by atoms with Crippen LogP contribution in [0.5, 0.6) is 0 Å². The number of hydrogen-bond donors (Lipinski definition) is 1. The van der Waals surface area contributed by atoms with Gasteiger partial charge in [-0.3, -0.25) is 9.59 Å². The minimum absolute atomic E-state index is 0.00272. The number of nitrogens with one attached hydrogen (secondary N) is 1. The summed E-state index contributed by atoms with van der Waals surface area (Å²) in [4.78, 5) is 25.9. The van der Waals surface area contributed by atoms with Crippen LogP contribution in [0.25, 0.3) is 0 Å². The van der Waals surface area contributed by atoms with Gasteiger partial charge < -0.3 is 10.2 Å². The van der Waals surface area contributed by atoms with Crippen LogP contribution in [0.2, 0.25) is 0 Å². The molecule has 1 aromatic carbocycles. The van der Waals surface area contributed by atoms with Gasteiger partial charge in [0, 0.05) is 18.6 Å². The van der Waals surface area contributed by atoms with Crippen LogP contribution in [0.15, 0.2) is 12.1 Å². The van der Waals surface area contributed by atoms with Crippen LogP contribution in [0.3, 0.4) is 0 Å². The van der Waals surface area contributed by atoms with Crippen LogP contribution >= 0.6 is 0 Å². The fourth-order valence-corrected chi connectivity index (χ4v) is 2.52. The Bertz CT molecular complexity index is 571. The van der Waals surface area contributed by atoms with E-state index in [0.717, 1.165) is 16.8 Å². The Morgan fingerprint density at radius 1 is 1.10 bits per heavy atom. The van der Waals surface area contributed by atoms with Crippen molar-refractivity contribution in [2.75, 3.05) is 18.0 Å². The molecule has 0 aliphatic carbocycles. The van der Waals surface area contributed by atoms with E-state index in [9.17, 15) is 9.59 Å². The third-order valence-electron chi connectivity index (χ3n) is 3.52. The molecule has 4 nitrogen and oxygen atoms in total. The lowest BCUT2D eigenvalue weighted by Crippen LogP contribution is -2.43. The number of Topliss-reactive ketones (excluding diaryl/α,β-unsaturated/α-hetero) is 1. The van der Waals surface area contributed by atoms with Crippen molar-refractivity contribution in [2.24, 2.45) is 0 Å². The number of carbonyl (C=O) groups excluding carboxylic acids is 2. The highest BCUT2D eigenvalue weighted by atomic mass is 16.2. The molecule has 0 fully saturated rings. The molecule has 4 heteroatoms. The Hall–Kier alpha value is -1.68. The van der Waals surface area contributed by atoms with E-state index in [2.05, 4.69) is 26.1 Å². The number of nitrogens with zero attached hydrogens (tertiary/aromatic N) is 1. The Kier molecular flexibility index (Phi) is 3.69. The lowest BCUT2D eigenvalue weighted by molar-refractivity contribution is -0.114. The first-order chi connectivity index (χ1) is 9.22. The number of rotatable bonds is 3. The summed E-state index contributed by atoms with van der Waals surface area (Å²) in [5.74, 6) is -0.787. The second-order valence-electron chi connectivity index (χ2n) is 6.39. The van der Waals surface area contributed by atoms with Gasteiger partial charge in [-0.05, 0) is 45.7 Å². The molecule has 108 valence electrons. The maximum atomic E-state index is 12.2. The van der Waals surface area contributed by atoms with Gasteiger partial charge in [0.05, 0.1) is 11.3 Å². The van der Waals surface area contributed by atoms with Gasteiger partial charge >= 0.3 is 0 Å². The van der Waals surface area contributed by atoms with Crippen molar-refractivity contribution in [3.63, 3.8) is 0 Å².